The zero-order valence-corrected chi connectivity index (χ0v) is 10.9. The fourth-order valence-corrected chi connectivity index (χ4v) is 1.61. The molecule has 0 aliphatic rings. The molecule has 110 valence electrons. The highest BCUT2D eigenvalue weighted by Gasteiger charge is 2.14. The van der Waals surface area contributed by atoms with Crippen LogP contribution in [0.1, 0.15) is 16.1 Å². The number of carboxylic acid groups (broad SMARTS) is 1. The van der Waals surface area contributed by atoms with E-state index < -0.39 is 10.9 Å². The van der Waals surface area contributed by atoms with Crippen molar-refractivity contribution in [3.05, 3.63) is 51.8 Å². The SMILES string of the molecule is COc1ccc(C(=O)O)cc1OCc1ccc([N+](=O)[O-])o1. The highest BCUT2D eigenvalue weighted by atomic mass is 16.6. The minimum absolute atomic E-state index is 0.0382. The molecule has 0 unspecified atom stereocenters. The quantitative estimate of drug-likeness (QED) is 0.643. The molecule has 0 saturated carbocycles. The lowest BCUT2D eigenvalue weighted by atomic mass is 10.2. The summed E-state index contributed by atoms with van der Waals surface area (Å²) in [7, 11) is 1.42. The largest absolute Gasteiger partial charge is 0.493 e. The number of rotatable bonds is 6. The number of methoxy groups -OCH3 is 1. The monoisotopic (exact) mass is 293 g/mol. The predicted octanol–water partition coefficient (Wildman–Crippen LogP) is 2.47. The van der Waals surface area contributed by atoms with Crippen LogP contribution in [0.3, 0.4) is 0 Å². The van der Waals surface area contributed by atoms with Crippen LogP contribution in [0, 0.1) is 10.1 Å². The van der Waals surface area contributed by atoms with E-state index in [1.54, 1.807) is 0 Å². The predicted molar refractivity (Wildman–Crippen MR) is 69.6 cm³/mol. The molecule has 2 rings (SSSR count). The van der Waals surface area contributed by atoms with Crippen molar-refractivity contribution in [1.29, 1.82) is 0 Å². The summed E-state index contributed by atoms with van der Waals surface area (Å²) >= 11 is 0. The number of carbonyl (C=O) groups is 1. The number of carboxylic acids is 1. The fraction of sp³-hybridized carbons (Fsp3) is 0.154. The fourth-order valence-electron chi connectivity index (χ4n) is 1.61. The average molecular weight is 293 g/mol. The van der Waals surface area contributed by atoms with E-state index >= 15 is 0 Å². The van der Waals surface area contributed by atoms with Gasteiger partial charge in [0.25, 0.3) is 0 Å². The molecular formula is C13H11NO7. The van der Waals surface area contributed by atoms with Gasteiger partial charge in [-0.25, -0.2) is 4.79 Å². The standard InChI is InChI=1S/C13H11NO7/c1-19-10-4-2-8(13(15)16)6-11(10)20-7-9-3-5-12(21-9)14(17)18/h2-6H,7H2,1H3,(H,15,16). The zero-order chi connectivity index (χ0) is 15.4. The second kappa shape index (κ2) is 5.95. The number of nitrogens with zero attached hydrogens (tertiary/aromatic N) is 1. The van der Waals surface area contributed by atoms with Gasteiger partial charge >= 0.3 is 11.9 Å². The Bertz CT molecular complexity index is 677. The molecule has 1 aromatic carbocycles. The maximum atomic E-state index is 10.9. The normalized spacial score (nSPS) is 10.1. The summed E-state index contributed by atoms with van der Waals surface area (Å²) in [6.07, 6.45) is 0. The van der Waals surface area contributed by atoms with Crippen LogP contribution < -0.4 is 9.47 Å². The van der Waals surface area contributed by atoms with Crippen LogP contribution in [-0.2, 0) is 6.61 Å². The molecule has 0 bridgehead atoms. The van der Waals surface area contributed by atoms with Crippen LogP contribution in [-0.4, -0.2) is 23.1 Å². The van der Waals surface area contributed by atoms with Gasteiger partial charge in [0.2, 0.25) is 0 Å². The summed E-state index contributed by atoms with van der Waals surface area (Å²) in [5.74, 6) is -0.696. The molecular weight excluding hydrogens is 282 g/mol. The van der Waals surface area contributed by atoms with Crippen molar-refractivity contribution in [3.8, 4) is 11.5 Å². The van der Waals surface area contributed by atoms with Gasteiger partial charge in [0, 0.05) is 0 Å². The molecule has 8 heteroatoms. The molecule has 0 spiro atoms. The van der Waals surface area contributed by atoms with Crippen LogP contribution in [0.4, 0.5) is 5.88 Å². The Morgan fingerprint density at radius 1 is 1.33 bits per heavy atom. The number of furan rings is 1. The summed E-state index contributed by atoms with van der Waals surface area (Å²) in [6.45, 7) is -0.0900. The maximum Gasteiger partial charge on any atom is 0.433 e. The Morgan fingerprint density at radius 3 is 2.67 bits per heavy atom. The van der Waals surface area contributed by atoms with E-state index in [1.165, 1.54) is 37.4 Å². The molecule has 21 heavy (non-hydrogen) atoms. The molecule has 1 heterocycles. The molecule has 1 N–H and O–H groups in total. The van der Waals surface area contributed by atoms with Crippen LogP contribution in [0.2, 0.25) is 0 Å². The second-order valence-electron chi connectivity index (χ2n) is 3.96. The van der Waals surface area contributed by atoms with E-state index in [4.69, 9.17) is 19.0 Å². The number of nitro groups is 1. The van der Waals surface area contributed by atoms with E-state index in [9.17, 15) is 14.9 Å². The Kier molecular flexibility index (Phi) is 4.07. The third-order valence-electron chi connectivity index (χ3n) is 2.61. The summed E-state index contributed by atoms with van der Waals surface area (Å²) in [4.78, 5) is 20.8. The molecule has 2 aromatic rings. The van der Waals surface area contributed by atoms with Gasteiger partial charge in [-0.1, -0.05) is 0 Å². The lowest BCUT2D eigenvalue weighted by molar-refractivity contribution is -0.402. The van der Waals surface area contributed by atoms with E-state index in [1.807, 2.05) is 0 Å². The van der Waals surface area contributed by atoms with Gasteiger partial charge in [0.1, 0.15) is 17.3 Å². The first-order chi connectivity index (χ1) is 10.0. The molecule has 0 aliphatic carbocycles. The lowest BCUT2D eigenvalue weighted by Crippen LogP contribution is -2.01. The van der Waals surface area contributed by atoms with Gasteiger partial charge in [0.15, 0.2) is 11.5 Å². The highest BCUT2D eigenvalue weighted by molar-refractivity contribution is 5.88. The summed E-state index contributed by atoms with van der Waals surface area (Å²) in [6, 6.07) is 6.77. The van der Waals surface area contributed by atoms with Crippen molar-refractivity contribution in [2.45, 2.75) is 6.61 Å². The first-order valence-corrected chi connectivity index (χ1v) is 5.78. The van der Waals surface area contributed by atoms with Crippen molar-refractivity contribution in [1.82, 2.24) is 0 Å². The Morgan fingerprint density at radius 2 is 2.10 bits per heavy atom. The van der Waals surface area contributed by atoms with E-state index in [0.29, 0.717) is 5.75 Å². The highest BCUT2D eigenvalue weighted by Crippen LogP contribution is 2.29. The summed E-state index contributed by atoms with van der Waals surface area (Å²) in [5.41, 5.74) is 0.0382. The molecule has 0 amide bonds. The smallest absolute Gasteiger partial charge is 0.433 e. The van der Waals surface area contributed by atoms with Gasteiger partial charge < -0.3 is 19.0 Å². The summed E-state index contributed by atoms with van der Waals surface area (Å²) in [5, 5.41) is 19.4. The van der Waals surface area contributed by atoms with E-state index in [2.05, 4.69) is 0 Å². The van der Waals surface area contributed by atoms with E-state index in [-0.39, 0.29) is 29.6 Å². The van der Waals surface area contributed by atoms with Crippen molar-refractivity contribution in [2.24, 2.45) is 0 Å². The minimum Gasteiger partial charge on any atom is -0.493 e. The van der Waals surface area contributed by atoms with E-state index in [0.717, 1.165) is 0 Å². The molecule has 1 aromatic heterocycles. The number of benzene rings is 1. The first kappa shape index (κ1) is 14.4. The number of ether oxygens (including phenoxy) is 2. The third-order valence-corrected chi connectivity index (χ3v) is 2.61. The van der Waals surface area contributed by atoms with Crippen molar-refractivity contribution < 1.29 is 28.7 Å². The third kappa shape index (κ3) is 3.30. The Labute approximate surface area is 118 Å². The Hall–Kier alpha value is -3.03. The summed E-state index contributed by atoms with van der Waals surface area (Å²) < 4.78 is 15.4. The molecule has 0 fully saturated rings. The molecule has 8 nitrogen and oxygen atoms in total. The van der Waals surface area contributed by atoms with Crippen LogP contribution in [0.15, 0.2) is 34.7 Å². The average Bonchev–Trinajstić information content (AvgIpc) is 2.93. The first-order valence-electron chi connectivity index (χ1n) is 5.78. The van der Waals surface area contributed by atoms with Crippen molar-refractivity contribution in [2.75, 3.05) is 7.11 Å². The molecule has 0 radical (unpaired) electrons. The maximum absolute atomic E-state index is 10.9. The van der Waals surface area contributed by atoms with Crippen molar-refractivity contribution >= 4 is 11.9 Å². The number of hydrogen-bond donors (Lipinski definition) is 1. The van der Waals surface area contributed by atoms with Gasteiger partial charge in [-0.2, -0.15) is 0 Å². The van der Waals surface area contributed by atoms with Crippen LogP contribution >= 0.6 is 0 Å². The topological polar surface area (TPSA) is 112 Å². The number of hydrogen-bond acceptors (Lipinski definition) is 6. The van der Waals surface area contributed by atoms with Crippen molar-refractivity contribution in [3.63, 3.8) is 0 Å². The molecule has 0 aliphatic heterocycles. The lowest BCUT2D eigenvalue weighted by Gasteiger charge is -2.10. The molecule has 0 atom stereocenters. The van der Waals surface area contributed by atoms with Gasteiger partial charge in [-0.15, -0.1) is 0 Å². The van der Waals surface area contributed by atoms with Gasteiger partial charge in [-0.05, 0) is 24.3 Å². The Balaban J connectivity index is 2.15. The molecule has 0 saturated heterocycles. The van der Waals surface area contributed by atoms with Gasteiger partial charge in [-0.3, -0.25) is 10.1 Å². The number of aromatic carboxylic acids is 1. The second-order valence-corrected chi connectivity index (χ2v) is 3.96. The minimum atomic E-state index is -1.10. The van der Waals surface area contributed by atoms with Crippen LogP contribution in [0.5, 0.6) is 11.5 Å². The zero-order valence-electron chi connectivity index (χ0n) is 10.9. The van der Waals surface area contributed by atoms with Gasteiger partial charge in [0.05, 0.1) is 18.7 Å². The van der Waals surface area contributed by atoms with Crippen LogP contribution in [0.25, 0.3) is 0 Å².